The lowest BCUT2D eigenvalue weighted by atomic mass is 10.0. The van der Waals surface area contributed by atoms with Gasteiger partial charge in [0, 0.05) is 29.1 Å². The first-order chi connectivity index (χ1) is 16.6. The number of carbonyl (C=O) groups excluding carboxylic acids is 2. The van der Waals surface area contributed by atoms with Crippen molar-refractivity contribution in [1.82, 2.24) is 9.88 Å². The van der Waals surface area contributed by atoms with E-state index in [-0.39, 0.29) is 24.3 Å². The molecule has 1 aliphatic rings. The lowest BCUT2D eigenvalue weighted by molar-refractivity contribution is -0.122. The average molecular weight is 475 g/mol. The number of ether oxygens (including phenoxy) is 2. The SMILES string of the molecule is CC[C@H](NC(=O)Cn1cc(C(=O)c2cccs2)c2ccccc21)c1ccc2c(c1)OCCCO2. The number of nitrogens with one attached hydrogen (secondary N) is 1. The standard InChI is InChI=1S/C27H26N2O4S/c1-2-21(18-10-11-23-24(15-18)33-13-6-12-32-23)28-26(30)17-29-16-20(19-7-3-4-8-22(19)29)27(31)25-9-5-14-34-25/h3-5,7-11,14-16,21H,2,6,12-13,17H2,1H3,(H,28,30)/t21-/m0/s1. The summed E-state index contributed by atoms with van der Waals surface area (Å²) in [4.78, 5) is 26.8. The molecule has 0 bridgehead atoms. The van der Waals surface area contributed by atoms with Crippen molar-refractivity contribution in [2.24, 2.45) is 0 Å². The molecule has 1 atom stereocenters. The zero-order valence-corrected chi connectivity index (χ0v) is 19.8. The third-order valence-corrected chi connectivity index (χ3v) is 6.88. The number of thiophene rings is 1. The van der Waals surface area contributed by atoms with E-state index in [9.17, 15) is 9.59 Å². The number of amides is 1. The van der Waals surface area contributed by atoms with E-state index in [0.717, 1.165) is 40.8 Å². The highest BCUT2D eigenvalue weighted by Gasteiger charge is 2.20. The molecular weight excluding hydrogens is 448 g/mol. The van der Waals surface area contributed by atoms with Crippen LogP contribution in [0.5, 0.6) is 11.5 Å². The third-order valence-electron chi connectivity index (χ3n) is 6.01. The smallest absolute Gasteiger partial charge is 0.240 e. The van der Waals surface area contributed by atoms with Gasteiger partial charge in [0.25, 0.3) is 0 Å². The molecule has 1 amide bonds. The Morgan fingerprint density at radius 2 is 1.88 bits per heavy atom. The van der Waals surface area contributed by atoms with Gasteiger partial charge in [-0.05, 0) is 41.6 Å². The summed E-state index contributed by atoms with van der Waals surface area (Å²) < 4.78 is 13.4. The highest BCUT2D eigenvalue weighted by molar-refractivity contribution is 7.12. The van der Waals surface area contributed by atoms with Gasteiger partial charge in [-0.3, -0.25) is 9.59 Å². The first kappa shape index (κ1) is 22.2. The molecule has 2 aromatic heterocycles. The Morgan fingerprint density at radius 3 is 2.68 bits per heavy atom. The molecule has 2 aromatic carbocycles. The second-order valence-corrected chi connectivity index (χ2v) is 9.23. The van der Waals surface area contributed by atoms with E-state index in [2.05, 4.69) is 5.32 Å². The molecule has 174 valence electrons. The third kappa shape index (κ3) is 4.43. The summed E-state index contributed by atoms with van der Waals surface area (Å²) in [5.74, 6) is 1.32. The maximum absolute atomic E-state index is 13.1. The molecule has 34 heavy (non-hydrogen) atoms. The number of fused-ring (bicyclic) bond motifs is 2. The van der Waals surface area contributed by atoms with Crippen molar-refractivity contribution in [2.45, 2.75) is 32.4 Å². The zero-order valence-electron chi connectivity index (χ0n) is 19.0. The molecule has 0 saturated heterocycles. The monoisotopic (exact) mass is 474 g/mol. The van der Waals surface area contributed by atoms with Crippen molar-refractivity contribution in [2.75, 3.05) is 13.2 Å². The largest absolute Gasteiger partial charge is 0.490 e. The molecule has 0 radical (unpaired) electrons. The van der Waals surface area contributed by atoms with Gasteiger partial charge in [-0.1, -0.05) is 37.3 Å². The summed E-state index contributed by atoms with van der Waals surface area (Å²) in [7, 11) is 0. The Kier molecular flexibility index (Phi) is 6.36. The minimum absolute atomic E-state index is 0.0241. The Labute approximate surface area is 202 Å². The Bertz CT molecular complexity index is 1330. The fraction of sp³-hybridized carbons (Fsp3) is 0.259. The van der Waals surface area contributed by atoms with Crippen LogP contribution in [0, 0.1) is 0 Å². The number of carbonyl (C=O) groups is 2. The molecule has 4 aromatic rings. The average Bonchev–Trinajstić information content (AvgIpc) is 3.45. The number of nitrogens with zero attached hydrogens (tertiary/aromatic N) is 1. The van der Waals surface area contributed by atoms with Crippen LogP contribution in [0.25, 0.3) is 10.9 Å². The number of ketones is 1. The van der Waals surface area contributed by atoms with Gasteiger partial charge in [-0.15, -0.1) is 11.3 Å². The summed E-state index contributed by atoms with van der Waals surface area (Å²) in [6.07, 6.45) is 3.38. The number of para-hydroxylation sites is 1. The predicted molar refractivity (Wildman–Crippen MR) is 133 cm³/mol. The van der Waals surface area contributed by atoms with Crippen molar-refractivity contribution >= 4 is 33.9 Å². The van der Waals surface area contributed by atoms with Gasteiger partial charge in [-0.25, -0.2) is 0 Å². The number of benzene rings is 2. The summed E-state index contributed by atoms with van der Waals surface area (Å²) in [6.45, 7) is 3.42. The van der Waals surface area contributed by atoms with E-state index in [0.29, 0.717) is 23.7 Å². The van der Waals surface area contributed by atoms with Gasteiger partial charge >= 0.3 is 0 Å². The lowest BCUT2D eigenvalue weighted by Crippen LogP contribution is -2.31. The fourth-order valence-corrected chi connectivity index (χ4v) is 4.99. The summed E-state index contributed by atoms with van der Waals surface area (Å²) in [5, 5.41) is 5.89. The van der Waals surface area contributed by atoms with Crippen LogP contribution in [-0.4, -0.2) is 29.5 Å². The van der Waals surface area contributed by atoms with Crippen LogP contribution >= 0.6 is 11.3 Å². The summed E-state index contributed by atoms with van der Waals surface area (Å²) in [5.41, 5.74) is 2.45. The second-order valence-electron chi connectivity index (χ2n) is 8.28. The van der Waals surface area contributed by atoms with Crippen LogP contribution in [0.1, 0.15) is 46.6 Å². The van der Waals surface area contributed by atoms with E-state index in [4.69, 9.17) is 9.47 Å². The topological polar surface area (TPSA) is 69.6 Å². The number of aromatic nitrogens is 1. The van der Waals surface area contributed by atoms with E-state index >= 15 is 0 Å². The van der Waals surface area contributed by atoms with Crippen LogP contribution in [0.4, 0.5) is 0 Å². The van der Waals surface area contributed by atoms with Gasteiger partial charge in [0.2, 0.25) is 11.7 Å². The highest BCUT2D eigenvalue weighted by Crippen LogP contribution is 2.33. The van der Waals surface area contributed by atoms with Crippen molar-refractivity contribution in [3.05, 3.63) is 82.2 Å². The Hall–Kier alpha value is -3.58. The first-order valence-corrected chi connectivity index (χ1v) is 12.4. The Balaban J connectivity index is 1.36. The van der Waals surface area contributed by atoms with Crippen molar-refractivity contribution < 1.29 is 19.1 Å². The van der Waals surface area contributed by atoms with Gasteiger partial charge in [0.15, 0.2) is 11.5 Å². The van der Waals surface area contributed by atoms with Crippen molar-refractivity contribution in [3.8, 4) is 11.5 Å². The van der Waals surface area contributed by atoms with Crippen LogP contribution in [-0.2, 0) is 11.3 Å². The molecule has 7 heteroatoms. The molecule has 0 saturated carbocycles. The normalized spacial score (nSPS) is 13.9. The first-order valence-electron chi connectivity index (χ1n) is 11.5. The molecule has 1 aliphatic heterocycles. The zero-order chi connectivity index (χ0) is 23.5. The summed E-state index contributed by atoms with van der Waals surface area (Å²) in [6, 6.07) is 17.1. The lowest BCUT2D eigenvalue weighted by Gasteiger charge is -2.19. The van der Waals surface area contributed by atoms with Crippen molar-refractivity contribution in [3.63, 3.8) is 0 Å². The van der Waals surface area contributed by atoms with Crippen LogP contribution < -0.4 is 14.8 Å². The van der Waals surface area contributed by atoms with E-state index in [1.165, 1.54) is 11.3 Å². The maximum Gasteiger partial charge on any atom is 0.240 e. The summed E-state index contributed by atoms with van der Waals surface area (Å²) >= 11 is 1.42. The maximum atomic E-state index is 13.1. The molecule has 6 nitrogen and oxygen atoms in total. The second kappa shape index (κ2) is 9.73. The van der Waals surface area contributed by atoms with E-state index < -0.39 is 0 Å². The van der Waals surface area contributed by atoms with E-state index in [1.54, 1.807) is 6.20 Å². The van der Waals surface area contributed by atoms with Crippen LogP contribution in [0.3, 0.4) is 0 Å². The van der Waals surface area contributed by atoms with Gasteiger partial charge in [0.1, 0.15) is 6.54 Å². The molecular formula is C27H26N2O4S. The van der Waals surface area contributed by atoms with Crippen LogP contribution in [0.15, 0.2) is 66.2 Å². The predicted octanol–water partition coefficient (Wildman–Crippen LogP) is 5.36. The van der Waals surface area contributed by atoms with Gasteiger partial charge in [0.05, 0.1) is 24.1 Å². The minimum Gasteiger partial charge on any atom is -0.490 e. The highest BCUT2D eigenvalue weighted by atomic mass is 32.1. The number of hydrogen-bond acceptors (Lipinski definition) is 5. The quantitative estimate of drug-likeness (QED) is 0.366. The Morgan fingerprint density at radius 1 is 1.06 bits per heavy atom. The van der Waals surface area contributed by atoms with Gasteiger partial charge in [-0.2, -0.15) is 0 Å². The molecule has 0 fully saturated rings. The molecule has 5 rings (SSSR count). The molecule has 1 N–H and O–H groups in total. The molecule has 0 spiro atoms. The molecule has 0 unspecified atom stereocenters. The fourth-order valence-electron chi connectivity index (χ4n) is 4.31. The molecule has 3 heterocycles. The number of hydrogen-bond donors (Lipinski definition) is 1. The molecule has 0 aliphatic carbocycles. The van der Waals surface area contributed by atoms with Crippen molar-refractivity contribution in [1.29, 1.82) is 0 Å². The minimum atomic E-state index is -0.154. The van der Waals surface area contributed by atoms with E-state index in [1.807, 2.05) is 71.5 Å². The van der Waals surface area contributed by atoms with Crippen LogP contribution in [0.2, 0.25) is 0 Å². The number of rotatable bonds is 7. The van der Waals surface area contributed by atoms with Gasteiger partial charge < -0.3 is 19.4 Å².